The lowest BCUT2D eigenvalue weighted by molar-refractivity contribution is -0.129. The van der Waals surface area contributed by atoms with Gasteiger partial charge in [0.15, 0.2) is 5.71 Å². The van der Waals surface area contributed by atoms with Crippen LogP contribution >= 0.6 is 11.3 Å². The van der Waals surface area contributed by atoms with Crippen molar-refractivity contribution in [1.29, 1.82) is 0 Å². The van der Waals surface area contributed by atoms with E-state index in [0.717, 1.165) is 10.1 Å². The van der Waals surface area contributed by atoms with Gasteiger partial charge in [-0.2, -0.15) is 0 Å². The smallest absolute Gasteiger partial charge is 0.358 e. The number of oxime groups is 1. The minimum absolute atomic E-state index is 0.326. The van der Waals surface area contributed by atoms with Crippen LogP contribution in [0.15, 0.2) is 34.8 Å². The number of hydrogen-bond donors (Lipinski definition) is 2. The van der Waals surface area contributed by atoms with E-state index < -0.39 is 5.97 Å². The van der Waals surface area contributed by atoms with Gasteiger partial charge in [-0.25, -0.2) is 4.79 Å². The summed E-state index contributed by atoms with van der Waals surface area (Å²) in [5.74, 6) is -1.24. The van der Waals surface area contributed by atoms with E-state index in [9.17, 15) is 4.79 Å². The highest BCUT2D eigenvalue weighted by atomic mass is 32.1. The normalized spacial score (nSPS) is 11.9. The Hall–Kier alpha value is -1.88. The lowest BCUT2D eigenvalue weighted by atomic mass is 10.1. The third-order valence-electron chi connectivity index (χ3n) is 2.04. The highest BCUT2D eigenvalue weighted by molar-refractivity contribution is 7.17. The molecule has 76 valence electrons. The molecular weight excluding hydrogens is 214 g/mol. The molecule has 0 saturated heterocycles. The van der Waals surface area contributed by atoms with Crippen molar-refractivity contribution in [1.82, 2.24) is 0 Å². The summed E-state index contributed by atoms with van der Waals surface area (Å²) in [6, 6.07) is 7.38. The minimum atomic E-state index is -1.24. The van der Waals surface area contributed by atoms with E-state index in [1.54, 1.807) is 11.4 Å². The molecule has 0 aliphatic carbocycles. The fourth-order valence-corrected chi connectivity index (χ4v) is 2.32. The number of carbonyl (C=O) groups is 1. The molecule has 1 aromatic heterocycles. The highest BCUT2D eigenvalue weighted by Gasteiger charge is 2.17. The first-order valence-corrected chi connectivity index (χ1v) is 5.04. The van der Waals surface area contributed by atoms with Crippen LogP contribution in [0, 0.1) is 0 Å². The molecule has 0 unspecified atom stereocenters. The molecule has 0 aliphatic rings. The van der Waals surface area contributed by atoms with Gasteiger partial charge < -0.3 is 10.3 Å². The van der Waals surface area contributed by atoms with Crippen LogP contribution in [0.5, 0.6) is 0 Å². The molecule has 0 bridgehead atoms. The zero-order chi connectivity index (χ0) is 10.8. The van der Waals surface area contributed by atoms with E-state index >= 15 is 0 Å². The van der Waals surface area contributed by atoms with Crippen LogP contribution in [0.4, 0.5) is 0 Å². The van der Waals surface area contributed by atoms with Crippen molar-refractivity contribution in [3.8, 4) is 0 Å². The highest BCUT2D eigenvalue weighted by Crippen LogP contribution is 2.26. The molecule has 15 heavy (non-hydrogen) atoms. The number of rotatable bonds is 2. The standard InChI is InChI=1S/C10H7NO3S/c12-10(13)9(11-14)7-5-15-8-4-2-1-3-6(7)8/h1-5,14H,(H,12,13)/b11-9+. The minimum Gasteiger partial charge on any atom is -0.476 e. The SMILES string of the molecule is O=C(O)/C(=N/O)c1csc2ccccc12. The number of carboxylic acids is 1. The summed E-state index contributed by atoms with van der Waals surface area (Å²) in [7, 11) is 0. The van der Waals surface area contributed by atoms with Crippen molar-refractivity contribution in [2.75, 3.05) is 0 Å². The zero-order valence-corrected chi connectivity index (χ0v) is 8.36. The van der Waals surface area contributed by atoms with Crippen molar-refractivity contribution in [3.63, 3.8) is 0 Å². The molecule has 5 heteroatoms. The molecule has 0 fully saturated rings. The largest absolute Gasteiger partial charge is 0.476 e. The Labute approximate surface area is 89.1 Å². The van der Waals surface area contributed by atoms with Gasteiger partial charge in [-0.05, 0) is 6.07 Å². The molecule has 4 nitrogen and oxygen atoms in total. The van der Waals surface area contributed by atoms with Gasteiger partial charge in [-0.15, -0.1) is 11.3 Å². The van der Waals surface area contributed by atoms with E-state index in [1.807, 2.05) is 18.2 Å². The zero-order valence-electron chi connectivity index (χ0n) is 7.54. The van der Waals surface area contributed by atoms with E-state index in [2.05, 4.69) is 5.16 Å². The van der Waals surface area contributed by atoms with Crippen LogP contribution < -0.4 is 0 Å². The quantitative estimate of drug-likeness (QED) is 0.464. The topological polar surface area (TPSA) is 69.9 Å². The van der Waals surface area contributed by atoms with E-state index in [-0.39, 0.29) is 5.71 Å². The lowest BCUT2D eigenvalue weighted by Gasteiger charge is -1.96. The summed E-state index contributed by atoms with van der Waals surface area (Å²) in [6.45, 7) is 0. The first-order valence-electron chi connectivity index (χ1n) is 4.16. The molecular formula is C10H7NO3S. The number of nitrogens with zero attached hydrogens (tertiary/aromatic N) is 1. The van der Waals surface area contributed by atoms with Gasteiger partial charge in [-0.3, -0.25) is 0 Å². The maximum atomic E-state index is 10.8. The summed E-state index contributed by atoms with van der Waals surface area (Å²) in [4.78, 5) is 10.8. The fraction of sp³-hybridized carbons (Fsp3) is 0. The summed E-state index contributed by atoms with van der Waals surface area (Å²) in [6.07, 6.45) is 0. The Morgan fingerprint density at radius 2 is 2.07 bits per heavy atom. The lowest BCUT2D eigenvalue weighted by Crippen LogP contribution is -2.13. The third kappa shape index (κ3) is 1.57. The Kier molecular flexibility index (Phi) is 2.39. The number of carboxylic acid groups (broad SMARTS) is 1. The third-order valence-corrected chi connectivity index (χ3v) is 3.00. The van der Waals surface area contributed by atoms with Crippen molar-refractivity contribution >= 4 is 33.1 Å². The predicted octanol–water partition coefficient (Wildman–Crippen LogP) is 2.16. The van der Waals surface area contributed by atoms with Crippen LogP contribution in [0.3, 0.4) is 0 Å². The summed E-state index contributed by atoms with van der Waals surface area (Å²) >= 11 is 1.42. The second-order valence-corrected chi connectivity index (χ2v) is 3.81. The van der Waals surface area contributed by atoms with Gasteiger partial charge in [0, 0.05) is 21.0 Å². The molecule has 0 amide bonds. The summed E-state index contributed by atoms with van der Waals surface area (Å²) in [5.41, 5.74) is 0.123. The molecule has 0 atom stereocenters. The summed E-state index contributed by atoms with van der Waals surface area (Å²) < 4.78 is 0.968. The number of hydrogen-bond acceptors (Lipinski definition) is 4. The van der Waals surface area contributed by atoms with Gasteiger partial charge in [-0.1, -0.05) is 23.4 Å². The molecule has 2 rings (SSSR count). The van der Waals surface area contributed by atoms with Gasteiger partial charge in [0.05, 0.1) is 0 Å². The first kappa shape index (κ1) is 9.67. The van der Waals surface area contributed by atoms with Crippen LogP contribution in [-0.4, -0.2) is 22.0 Å². The van der Waals surface area contributed by atoms with Crippen molar-refractivity contribution < 1.29 is 15.1 Å². The maximum Gasteiger partial charge on any atom is 0.358 e. The van der Waals surface area contributed by atoms with Crippen LogP contribution in [0.2, 0.25) is 0 Å². The molecule has 1 heterocycles. The van der Waals surface area contributed by atoms with Gasteiger partial charge in [0.25, 0.3) is 0 Å². The molecule has 0 spiro atoms. The number of thiophene rings is 1. The molecule has 2 N–H and O–H groups in total. The average molecular weight is 221 g/mol. The van der Waals surface area contributed by atoms with Crippen LogP contribution in [-0.2, 0) is 4.79 Å². The molecule has 2 aromatic rings. The van der Waals surface area contributed by atoms with Gasteiger partial charge >= 0.3 is 5.97 Å². The first-order chi connectivity index (χ1) is 7.24. The Morgan fingerprint density at radius 3 is 2.73 bits per heavy atom. The summed E-state index contributed by atoms with van der Waals surface area (Å²) in [5, 5.41) is 22.7. The molecule has 0 radical (unpaired) electrons. The molecule has 0 saturated carbocycles. The van der Waals surface area contributed by atoms with Crippen LogP contribution in [0.25, 0.3) is 10.1 Å². The van der Waals surface area contributed by atoms with E-state index in [0.29, 0.717) is 5.56 Å². The maximum absolute atomic E-state index is 10.8. The van der Waals surface area contributed by atoms with Crippen molar-refractivity contribution in [3.05, 3.63) is 35.2 Å². The van der Waals surface area contributed by atoms with Crippen LogP contribution in [0.1, 0.15) is 5.56 Å². The van der Waals surface area contributed by atoms with Crippen molar-refractivity contribution in [2.45, 2.75) is 0 Å². The van der Waals surface area contributed by atoms with Gasteiger partial charge in [0.1, 0.15) is 0 Å². The Balaban J connectivity index is 2.67. The predicted molar refractivity (Wildman–Crippen MR) is 57.8 cm³/mol. The van der Waals surface area contributed by atoms with Crippen molar-refractivity contribution in [2.24, 2.45) is 5.16 Å². The number of benzene rings is 1. The van der Waals surface area contributed by atoms with Gasteiger partial charge in [0.2, 0.25) is 0 Å². The monoisotopic (exact) mass is 221 g/mol. The average Bonchev–Trinajstić information content (AvgIpc) is 2.63. The molecule has 0 aliphatic heterocycles. The second kappa shape index (κ2) is 3.70. The van der Waals surface area contributed by atoms with E-state index in [1.165, 1.54) is 11.3 Å². The second-order valence-electron chi connectivity index (χ2n) is 2.90. The van der Waals surface area contributed by atoms with E-state index in [4.69, 9.17) is 10.3 Å². The number of aliphatic carboxylic acids is 1. The Morgan fingerprint density at radius 1 is 1.33 bits per heavy atom. The fourth-order valence-electron chi connectivity index (χ4n) is 1.37. The molecule has 1 aromatic carbocycles. The number of fused-ring (bicyclic) bond motifs is 1. The Bertz CT molecular complexity index is 544.